The van der Waals surface area contributed by atoms with E-state index in [0.29, 0.717) is 0 Å². The van der Waals surface area contributed by atoms with Crippen molar-refractivity contribution in [3.05, 3.63) is 0 Å². The standard InChI is InChI=1S/C3H9Cl2O3P/c1-3(2)8-9(4,5,6)7/h3,6-7H,1-2H3. The molecule has 0 bridgehead atoms. The Hall–Kier alpha value is 0.890. The molecule has 6 heteroatoms. The summed E-state index contributed by atoms with van der Waals surface area (Å²) in [4.78, 5) is 17.3. The van der Waals surface area contributed by atoms with Crippen LogP contribution in [0.15, 0.2) is 0 Å². The van der Waals surface area contributed by atoms with Gasteiger partial charge in [0.25, 0.3) is 0 Å². The summed E-state index contributed by atoms with van der Waals surface area (Å²) in [7, 11) is 0. The van der Waals surface area contributed by atoms with Crippen molar-refractivity contribution < 1.29 is 14.3 Å². The number of hydrogen-bond donors (Lipinski definition) is 2. The van der Waals surface area contributed by atoms with E-state index < -0.39 is 12.1 Å². The predicted molar refractivity (Wildman–Crippen MR) is 39.3 cm³/mol. The van der Waals surface area contributed by atoms with E-state index in [-0.39, 0.29) is 0 Å². The molecule has 0 unspecified atom stereocenters. The van der Waals surface area contributed by atoms with Gasteiger partial charge in [-0.3, -0.25) is 0 Å². The van der Waals surface area contributed by atoms with Gasteiger partial charge in [0.15, 0.2) is 0 Å². The zero-order chi connectivity index (χ0) is 7.73. The van der Waals surface area contributed by atoms with Gasteiger partial charge in [-0.15, -0.1) is 0 Å². The molecule has 0 aromatic carbocycles. The van der Waals surface area contributed by atoms with Crippen LogP contribution in [0, 0.1) is 0 Å². The molecule has 2 N–H and O–H groups in total. The molecule has 0 aliphatic heterocycles. The molecule has 0 aromatic rings. The van der Waals surface area contributed by atoms with Crippen LogP contribution in [0.3, 0.4) is 0 Å². The van der Waals surface area contributed by atoms with Crippen LogP contribution in [0.2, 0.25) is 0 Å². The van der Waals surface area contributed by atoms with E-state index in [0.717, 1.165) is 0 Å². The third-order valence-electron chi connectivity index (χ3n) is 0.385. The van der Waals surface area contributed by atoms with Crippen LogP contribution in [0.4, 0.5) is 0 Å². The Balaban J connectivity index is 3.89. The Morgan fingerprint density at radius 3 is 1.67 bits per heavy atom. The zero-order valence-electron chi connectivity index (χ0n) is 5.08. The first-order chi connectivity index (χ1) is 3.67. The number of rotatable bonds is 2. The summed E-state index contributed by atoms with van der Waals surface area (Å²) in [5.74, 6) is -4.73. The summed E-state index contributed by atoms with van der Waals surface area (Å²) in [5.41, 5.74) is 0. The van der Waals surface area contributed by atoms with Crippen LogP contribution >= 0.6 is 28.5 Å². The van der Waals surface area contributed by atoms with E-state index in [4.69, 9.17) is 32.3 Å². The van der Waals surface area contributed by atoms with Crippen molar-refractivity contribution >= 4 is 28.5 Å². The van der Waals surface area contributed by atoms with E-state index in [1.807, 2.05) is 0 Å². The van der Waals surface area contributed by atoms with Crippen molar-refractivity contribution in [2.75, 3.05) is 0 Å². The topological polar surface area (TPSA) is 49.7 Å². The quantitative estimate of drug-likeness (QED) is 0.662. The summed E-state index contributed by atoms with van der Waals surface area (Å²) >= 11 is 9.94. The van der Waals surface area contributed by atoms with Gasteiger partial charge in [-0.1, -0.05) is 0 Å². The van der Waals surface area contributed by atoms with E-state index in [1.165, 1.54) is 0 Å². The van der Waals surface area contributed by atoms with E-state index in [9.17, 15) is 0 Å². The second kappa shape index (κ2) is 2.50. The van der Waals surface area contributed by atoms with Gasteiger partial charge in [-0.2, -0.15) is 0 Å². The van der Waals surface area contributed by atoms with Gasteiger partial charge < -0.3 is 0 Å². The molecule has 0 spiro atoms. The van der Waals surface area contributed by atoms with Gasteiger partial charge in [-0.25, -0.2) is 0 Å². The van der Waals surface area contributed by atoms with Crippen LogP contribution in [0.25, 0.3) is 0 Å². The SMILES string of the molecule is CC(C)OP(O)(O)(Cl)Cl. The summed E-state index contributed by atoms with van der Waals surface area (Å²) in [6.45, 7) is 3.19. The molecule has 0 rings (SSSR count). The summed E-state index contributed by atoms with van der Waals surface area (Å²) in [6, 6.07) is 0. The molecule has 58 valence electrons. The van der Waals surface area contributed by atoms with E-state index in [2.05, 4.69) is 4.52 Å². The molecule has 0 saturated heterocycles. The Morgan fingerprint density at radius 2 is 1.67 bits per heavy atom. The Bertz CT molecular complexity index is 98.1. The van der Waals surface area contributed by atoms with E-state index >= 15 is 0 Å². The molecular formula is C3H9Cl2O3P. The first kappa shape index (κ1) is 9.89. The molecule has 0 aliphatic carbocycles. The van der Waals surface area contributed by atoms with E-state index in [1.54, 1.807) is 13.8 Å². The van der Waals surface area contributed by atoms with Gasteiger partial charge in [0.2, 0.25) is 0 Å². The Kier molecular flexibility index (Phi) is 2.74. The van der Waals surface area contributed by atoms with Crippen LogP contribution in [0.1, 0.15) is 13.8 Å². The van der Waals surface area contributed by atoms with Crippen LogP contribution in [-0.4, -0.2) is 15.9 Å². The molecule has 0 aromatic heterocycles. The van der Waals surface area contributed by atoms with Crippen molar-refractivity contribution in [2.45, 2.75) is 20.0 Å². The fraction of sp³-hybridized carbons (Fsp3) is 1.00. The number of hydrogen-bond acceptors (Lipinski definition) is 3. The van der Waals surface area contributed by atoms with Crippen molar-refractivity contribution in [1.29, 1.82) is 0 Å². The van der Waals surface area contributed by atoms with Crippen molar-refractivity contribution in [1.82, 2.24) is 0 Å². The average molecular weight is 195 g/mol. The summed E-state index contributed by atoms with van der Waals surface area (Å²) in [6.07, 6.45) is -0.396. The monoisotopic (exact) mass is 194 g/mol. The van der Waals surface area contributed by atoms with Gasteiger partial charge in [-0.05, 0) is 0 Å². The predicted octanol–water partition coefficient (Wildman–Crippen LogP) is 2.00. The first-order valence-electron chi connectivity index (χ1n) is 2.31. The first-order valence-corrected chi connectivity index (χ1v) is 6.18. The third-order valence-corrected chi connectivity index (χ3v) is 1.63. The molecule has 0 amide bonds. The molecule has 3 nitrogen and oxygen atoms in total. The molecular weight excluding hydrogens is 186 g/mol. The normalized spacial score (nSPS) is 17.4. The molecule has 0 heterocycles. The molecule has 0 atom stereocenters. The Labute approximate surface area is 63.3 Å². The molecule has 9 heavy (non-hydrogen) atoms. The minimum atomic E-state index is -4.73. The molecule has 0 fully saturated rings. The third kappa shape index (κ3) is 8.89. The van der Waals surface area contributed by atoms with Gasteiger partial charge in [0, 0.05) is 0 Å². The minimum absolute atomic E-state index is 0.396. The molecule has 0 saturated carbocycles. The van der Waals surface area contributed by atoms with Crippen LogP contribution in [-0.2, 0) is 4.52 Å². The zero-order valence-corrected chi connectivity index (χ0v) is 7.49. The fourth-order valence-corrected chi connectivity index (χ4v) is 2.00. The van der Waals surface area contributed by atoms with Gasteiger partial charge in [0.1, 0.15) is 0 Å². The second-order valence-corrected chi connectivity index (χ2v) is 7.81. The maximum atomic E-state index is 8.65. The molecule has 0 aliphatic rings. The van der Waals surface area contributed by atoms with Crippen molar-refractivity contribution in [2.24, 2.45) is 0 Å². The summed E-state index contributed by atoms with van der Waals surface area (Å²) in [5, 5.41) is 0. The number of halogens is 2. The summed E-state index contributed by atoms with van der Waals surface area (Å²) < 4.78 is 4.40. The fourth-order valence-electron chi connectivity index (χ4n) is 0.348. The molecule has 0 radical (unpaired) electrons. The van der Waals surface area contributed by atoms with Gasteiger partial charge >= 0.3 is 62.7 Å². The second-order valence-electron chi connectivity index (χ2n) is 1.91. The Morgan fingerprint density at radius 1 is 1.33 bits per heavy atom. The maximum absolute atomic E-state index is 8.65. The van der Waals surface area contributed by atoms with Crippen molar-refractivity contribution in [3.63, 3.8) is 0 Å². The van der Waals surface area contributed by atoms with Crippen LogP contribution < -0.4 is 0 Å². The van der Waals surface area contributed by atoms with Gasteiger partial charge in [0.05, 0.1) is 0 Å². The van der Waals surface area contributed by atoms with Crippen molar-refractivity contribution in [3.8, 4) is 0 Å². The van der Waals surface area contributed by atoms with Crippen LogP contribution in [0.5, 0.6) is 0 Å². The average Bonchev–Trinajstić information content (AvgIpc) is 1.16.